The van der Waals surface area contributed by atoms with Crippen molar-refractivity contribution >= 4 is 11.8 Å². The van der Waals surface area contributed by atoms with E-state index in [2.05, 4.69) is 20.7 Å². The summed E-state index contributed by atoms with van der Waals surface area (Å²) in [5.41, 5.74) is 1.53. The van der Waals surface area contributed by atoms with Crippen LogP contribution in [-0.2, 0) is 31.0 Å². The number of aryl methyl sites for hydroxylation is 1. The molecule has 0 radical (unpaired) electrons. The zero-order valence-electron chi connectivity index (χ0n) is 17.2. The van der Waals surface area contributed by atoms with E-state index in [1.54, 1.807) is 34.0 Å². The Morgan fingerprint density at radius 2 is 2.19 bits per heavy atom. The Balaban J connectivity index is 1.23. The van der Waals surface area contributed by atoms with Crippen LogP contribution >= 0.6 is 0 Å². The van der Waals surface area contributed by atoms with Crippen LogP contribution in [-0.4, -0.2) is 60.2 Å². The van der Waals surface area contributed by atoms with Crippen LogP contribution in [0.1, 0.15) is 45.8 Å². The fraction of sp³-hybridized carbons (Fsp3) is 0.450. The number of nitrogens with zero attached hydrogens (tertiary/aromatic N) is 6. The van der Waals surface area contributed by atoms with Crippen LogP contribution in [0.2, 0.25) is 0 Å². The minimum absolute atomic E-state index is 0.135. The van der Waals surface area contributed by atoms with Crippen molar-refractivity contribution in [1.82, 2.24) is 35.0 Å². The lowest BCUT2D eigenvalue weighted by atomic mass is 10.0. The van der Waals surface area contributed by atoms with Gasteiger partial charge < -0.3 is 19.4 Å². The molecule has 2 amide bonds. The Kier molecular flexibility index (Phi) is 4.81. The number of furan rings is 1. The summed E-state index contributed by atoms with van der Waals surface area (Å²) < 4.78 is 14.9. The number of amides is 2. The van der Waals surface area contributed by atoms with Crippen LogP contribution in [0.15, 0.2) is 35.1 Å². The number of aromatic nitrogens is 5. The predicted molar refractivity (Wildman–Crippen MR) is 106 cm³/mol. The van der Waals surface area contributed by atoms with Crippen molar-refractivity contribution in [2.45, 2.75) is 45.2 Å². The smallest absolute Gasteiger partial charge is 0.289 e. The van der Waals surface area contributed by atoms with Gasteiger partial charge in [0.05, 0.1) is 38.2 Å². The van der Waals surface area contributed by atoms with Gasteiger partial charge in [0, 0.05) is 19.3 Å². The summed E-state index contributed by atoms with van der Waals surface area (Å²) in [5.74, 6) is -0.0153. The van der Waals surface area contributed by atoms with Gasteiger partial charge in [0.25, 0.3) is 11.8 Å². The molecule has 0 aliphatic carbocycles. The van der Waals surface area contributed by atoms with Crippen LogP contribution in [0.3, 0.4) is 0 Å². The molecule has 2 aliphatic rings. The van der Waals surface area contributed by atoms with Crippen molar-refractivity contribution in [2.75, 3.05) is 13.1 Å². The van der Waals surface area contributed by atoms with E-state index in [-0.39, 0.29) is 18.4 Å². The van der Waals surface area contributed by atoms with Gasteiger partial charge in [0.2, 0.25) is 0 Å². The van der Waals surface area contributed by atoms with E-state index in [1.807, 2.05) is 11.6 Å². The summed E-state index contributed by atoms with van der Waals surface area (Å²) in [6.45, 7) is 4.70. The first kappa shape index (κ1) is 19.5. The van der Waals surface area contributed by atoms with E-state index in [4.69, 9.17) is 9.15 Å². The Hall–Kier alpha value is -3.47. The van der Waals surface area contributed by atoms with Gasteiger partial charge in [-0.1, -0.05) is 5.21 Å². The maximum atomic E-state index is 12.6. The lowest BCUT2D eigenvalue weighted by Gasteiger charge is -2.33. The number of hydrogen-bond acceptors (Lipinski definition) is 7. The number of rotatable bonds is 5. The standard InChI is InChI=1S/C20H23N7O4/c1-2-26-15(5-7-22-26)18(28)21-10-14-16-11-31-20(13-27(16)24-23-14)6-8-25(12-20)19(29)17-4-3-9-30-17/h3-5,7,9H,2,6,8,10-13H2,1H3,(H,21,28). The number of carbonyl (C=O) groups excluding carboxylic acids is 2. The number of fused-ring (bicyclic) bond motifs is 1. The predicted octanol–water partition coefficient (Wildman–Crippen LogP) is 0.833. The number of hydrogen-bond donors (Lipinski definition) is 1. The molecule has 0 aromatic carbocycles. The average molecular weight is 425 g/mol. The van der Waals surface area contributed by atoms with Crippen LogP contribution in [0.4, 0.5) is 0 Å². The van der Waals surface area contributed by atoms with Crippen molar-refractivity contribution < 1.29 is 18.7 Å². The Labute approximate surface area is 177 Å². The van der Waals surface area contributed by atoms with E-state index in [0.29, 0.717) is 56.4 Å². The Morgan fingerprint density at radius 3 is 3.00 bits per heavy atom. The van der Waals surface area contributed by atoms with Crippen molar-refractivity contribution in [3.05, 3.63) is 53.5 Å². The molecule has 5 rings (SSSR count). The van der Waals surface area contributed by atoms with Gasteiger partial charge in [-0.05, 0) is 31.5 Å². The van der Waals surface area contributed by atoms with Gasteiger partial charge >= 0.3 is 0 Å². The molecule has 1 unspecified atom stereocenters. The van der Waals surface area contributed by atoms with Crippen molar-refractivity contribution in [3.8, 4) is 0 Å². The minimum atomic E-state index is -0.489. The first-order valence-corrected chi connectivity index (χ1v) is 10.3. The quantitative estimate of drug-likeness (QED) is 0.643. The van der Waals surface area contributed by atoms with Gasteiger partial charge in [0.15, 0.2) is 5.76 Å². The second-order valence-corrected chi connectivity index (χ2v) is 7.78. The number of likely N-dealkylation sites (tertiary alicyclic amines) is 1. The second kappa shape index (κ2) is 7.65. The van der Waals surface area contributed by atoms with Crippen molar-refractivity contribution in [2.24, 2.45) is 0 Å². The van der Waals surface area contributed by atoms with E-state index < -0.39 is 5.60 Å². The van der Waals surface area contributed by atoms with Crippen molar-refractivity contribution in [1.29, 1.82) is 0 Å². The summed E-state index contributed by atoms with van der Waals surface area (Å²) in [7, 11) is 0. The highest BCUT2D eigenvalue weighted by Crippen LogP contribution is 2.33. The Bertz CT molecular complexity index is 1100. The third-order valence-electron chi connectivity index (χ3n) is 5.87. The molecular weight excluding hydrogens is 402 g/mol. The number of ether oxygens (including phenoxy) is 1. The molecule has 1 saturated heterocycles. The molecule has 2 aliphatic heterocycles. The molecule has 0 bridgehead atoms. The fourth-order valence-electron chi connectivity index (χ4n) is 4.18. The molecule has 11 nitrogen and oxygen atoms in total. The third kappa shape index (κ3) is 3.50. The average Bonchev–Trinajstić information content (AvgIpc) is 3.58. The Morgan fingerprint density at radius 1 is 1.29 bits per heavy atom. The van der Waals surface area contributed by atoms with Gasteiger partial charge in [0.1, 0.15) is 17.0 Å². The zero-order chi connectivity index (χ0) is 21.4. The molecule has 31 heavy (non-hydrogen) atoms. The van der Waals surface area contributed by atoms with E-state index >= 15 is 0 Å². The molecule has 1 N–H and O–H groups in total. The maximum absolute atomic E-state index is 12.6. The summed E-state index contributed by atoms with van der Waals surface area (Å²) >= 11 is 0. The molecule has 0 saturated carbocycles. The highest BCUT2D eigenvalue weighted by molar-refractivity contribution is 5.92. The first-order valence-electron chi connectivity index (χ1n) is 10.3. The minimum Gasteiger partial charge on any atom is -0.459 e. The monoisotopic (exact) mass is 425 g/mol. The second-order valence-electron chi connectivity index (χ2n) is 7.78. The fourth-order valence-corrected chi connectivity index (χ4v) is 4.18. The molecule has 1 atom stereocenters. The molecule has 11 heteroatoms. The molecule has 5 heterocycles. The molecule has 3 aromatic heterocycles. The van der Waals surface area contributed by atoms with Crippen LogP contribution < -0.4 is 5.32 Å². The normalized spacial score (nSPS) is 20.2. The number of carbonyl (C=O) groups is 2. The molecule has 162 valence electrons. The molecular formula is C20H23N7O4. The van der Waals surface area contributed by atoms with E-state index in [0.717, 1.165) is 5.69 Å². The summed E-state index contributed by atoms with van der Waals surface area (Å²) in [5, 5.41) is 15.5. The molecule has 1 fully saturated rings. The van der Waals surface area contributed by atoms with E-state index in [9.17, 15) is 9.59 Å². The van der Waals surface area contributed by atoms with Crippen LogP contribution in [0.25, 0.3) is 0 Å². The lowest BCUT2D eigenvalue weighted by molar-refractivity contribution is -0.0829. The van der Waals surface area contributed by atoms with Gasteiger partial charge in [-0.25, -0.2) is 4.68 Å². The topological polar surface area (TPSA) is 120 Å². The van der Waals surface area contributed by atoms with E-state index in [1.165, 1.54) is 6.26 Å². The largest absolute Gasteiger partial charge is 0.459 e. The molecule has 3 aromatic rings. The van der Waals surface area contributed by atoms with Crippen molar-refractivity contribution in [3.63, 3.8) is 0 Å². The first-order chi connectivity index (χ1) is 15.1. The third-order valence-corrected chi connectivity index (χ3v) is 5.87. The highest BCUT2D eigenvalue weighted by atomic mass is 16.5. The van der Waals surface area contributed by atoms with Gasteiger partial charge in [-0.2, -0.15) is 5.10 Å². The molecule has 1 spiro atoms. The zero-order valence-corrected chi connectivity index (χ0v) is 17.2. The van der Waals surface area contributed by atoms with Gasteiger partial charge in [-0.15, -0.1) is 5.10 Å². The van der Waals surface area contributed by atoms with Crippen LogP contribution in [0, 0.1) is 0 Å². The highest BCUT2D eigenvalue weighted by Gasteiger charge is 2.45. The lowest BCUT2D eigenvalue weighted by Crippen LogP contribution is -2.45. The summed E-state index contributed by atoms with van der Waals surface area (Å²) in [6.07, 6.45) is 3.81. The van der Waals surface area contributed by atoms with Crippen LogP contribution in [0.5, 0.6) is 0 Å². The summed E-state index contributed by atoms with van der Waals surface area (Å²) in [6, 6.07) is 5.05. The summed E-state index contributed by atoms with van der Waals surface area (Å²) in [4.78, 5) is 26.8. The SMILES string of the molecule is CCn1nccc1C(=O)NCc1nnn2c1COC1(CCN(C(=O)c3ccco3)C1)C2. The van der Waals surface area contributed by atoms with Gasteiger partial charge in [-0.3, -0.25) is 14.3 Å². The number of nitrogens with one attached hydrogen (secondary N) is 1. The maximum Gasteiger partial charge on any atom is 0.289 e.